The van der Waals surface area contributed by atoms with Crippen molar-refractivity contribution in [1.82, 2.24) is 5.32 Å². The van der Waals surface area contributed by atoms with Crippen LogP contribution in [0.15, 0.2) is 30.3 Å². The Labute approximate surface area is 151 Å². The fourth-order valence-corrected chi connectivity index (χ4v) is 2.20. The van der Waals surface area contributed by atoms with Gasteiger partial charge in [-0.1, -0.05) is 51.1 Å². The van der Waals surface area contributed by atoms with Crippen LogP contribution >= 0.6 is 0 Å². The topological polar surface area (TPSA) is 64.6 Å². The highest BCUT2D eigenvalue weighted by Crippen LogP contribution is 2.20. The van der Waals surface area contributed by atoms with Gasteiger partial charge in [-0.3, -0.25) is 4.79 Å². The minimum absolute atomic E-state index is 0.0982. The summed E-state index contributed by atoms with van der Waals surface area (Å²) in [7, 11) is 0. The highest BCUT2D eigenvalue weighted by Gasteiger charge is 2.36. The molecular formula is C20H31NO4. The third kappa shape index (κ3) is 7.69. The molecule has 0 heterocycles. The van der Waals surface area contributed by atoms with Crippen molar-refractivity contribution in [1.29, 1.82) is 0 Å². The number of carbonyl (C=O) groups excluding carboxylic acids is 2. The van der Waals surface area contributed by atoms with Gasteiger partial charge < -0.3 is 14.8 Å². The Balaban J connectivity index is 2.82. The lowest BCUT2D eigenvalue weighted by molar-refractivity contribution is -0.132. The van der Waals surface area contributed by atoms with Gasteiger partial charge in [0.05, 0.1) is 12.7 Å². The van der Waals surface area contributed by atoms with E-state index in [1.54, 1.807) is 27.7 Å². The predicted octanol–water partition coefficient (Wildman–Crippen LogP) is 4.10. The van der Waals surface area contributed by atoms with Crippen LogP contribution < -0.4 is 5.32 Å². The van der Waals surface area contributed by atoms with Gasteiger partial charge in [-0.05, 0) is 33.3 Å². The van der Waals surface area contributed by atoms with Gasteiger partial charge in [-0.25, -0.2) is 4.79 Å². The second kappa shape index (κ2) is 8.48. The molecule has 1 aromatic carbocycles. The quantitative estimate of drug-likeness (QED) is 0.840. The van der Waals surface area contributed by atoms with Crippen LogP contribution in [0, 0.1) is 5.41 Å². The molecule has 0 bridgehead atoms. The summed E-state index contributed by atoms with van der Waals surface area (Å²) in [5, 5.41) is 2.68. The zero-order chi connectivity index (χ0) is 19.3. The number of ketones is 1. The lowest BCUT2D eigenvalue weighted by Crippen LogP contribution is -2.53. The Hall–Kier alpha value is -1.88. The first-order chi connectivity index (χ1) is 11.4. The summed E-state index contributed by atoms with van der Waals surface area (Å²) < 4.78 is 11.1. The number of benzene rings is 1. The fourth-order valence-electron chi connectivity index (χ4n) is 2.20. The van der Waals surface area contributed by atoms with Crippen LogP contribution in [-0.2, 0) is 20.9 Å². The number of alkyl carbamates (subject to hydrolysis) is 1. The van der Waals surface area contributed by atoms with Gasteiger partial charge in [0.15, 0.2) is 5.78 Å². The molecule has 0 aromatic heterocycles. The summed E-state index contributed by atoms with van der Waals surface area (Å²) in [5.74, 6) is -0.0982. The molecule has 140 valence electrons. The van der Waals surface area contributed by atoms with E-state index in [4.69, 9.17) is 9.47 Å². The molecule has 25 heavy (non-hydrogen) atoms. The molecule has 0 spiro atoms. The summed E-state index contributed by atoms with van der Waals surface area (Å²) in [6.45, 7) is 13.0. The van der Waals surface area contributed by atoms with Crippen molar-refractivity contribution >= 4 is 11.9 Å². The zero-order valence-electron chi connectivity index (χ0n) is 16.4. The van der Waals surface area contributed by atoms with Crippen LogP contribution in [0.3, 0.4) is 0 Å². The molecule has 1 N–H and O–H groups in total. The van der Waals surface area contributed by atoms with Crippen molar-refractivity contribution in [3.05, 3.63) is 35.9 Å². The minimum atomic E-state index is -0.779. The van der Waals surface area contributed by atoms with Crippen molar-refractivity contribution in [2.75, 3.05) is 0 Å². The van der Waals surface area contributed by atoms with Crippen molar-refractivity contribution in [3.8, 4) is 0 Å². The summed E-state index contributed by atoms with van der Waals surface area (Å²) in [6.07, 6.45) is -1.11. The molecule has 0 aliphatic carbocycles. The van der Waals surface area contributed by atoms with Crippen LogP contribution in [0.2, 0.25) is 0 Å². The molecule has 0 saturated carbocycles. The van der Waals surface area contributed by atoms with Gasteiger partial charge in [-0.15, -0.1) is 0 Å². The molecule has 1 aromatic rings. The smallest absolute Gasteiger partial charge is 0.408 e. The predicted molar refractivity (Wildman–Crippen MR) is 98.3 cm³/mol. The molecule has 0 aliphatic heterocycles. The first kappa shape index (κ1) is 21.2. The molecular weight excluding hydrogens is 318 g/mol. The third-order valence-electron chi connectivity index (χ3n) is 3.52. The maximum absolute atomic E-state index is 12.8. The normalized spacial score (nSPS) is 14.5. The van der Waals surface area contributed by atoms with Crippen molar-refractivity contribution in [2.24, 2.45) is 5.41 Å². The Morgan fingerprint density at radius 1 is 1.04 bits per heavy atom. The Morgan fingerprint density at radius 3 is 2.08 bits per heavy atom. The van der Waals surface area contributed by atoms with Crippen molar-refractivity contribution < 1.29 is 19.1 Å². The highest BCUT2D eigenvalue weighted by molar-refractivity contribution is 5.91. The maximum atomic E-state index is 12.8. The largest absolute Gasteiger partial charge is 0.444 e. The van der Waals surface area contributed by atoms with Crippen LogP contribution in [0.4, 0.5) is 4.79 Å². The van der Waals surface area contributed by atoms with E-state index in [0.717, 1.165) is 5.56 Å². The summed E-state index contributed by atoms with van der Waals surface area (Å²) >= 11 is 0. The Morgan fingerprint density at radius 2 is 1.60 bits per heavy atom. The van der Waals surface area contributed by atoms with E-state index in [-0.39, 0.29) is 5.78 Å². The molecule has 5 heteroatoms. The van der Waals surface area contributed by atoms with Gasteiger partial charge in [0.1, 0.15) is 11.6 Å². The summed E-state index contributed by atoms with van der Waals surface area (Å²) in [5.41, 5.74) is -0.231. The molecule has 0 aliphatic rings. The average Bonchev–Trinajstić information content (AvgIpc) is 2.48. The molecule has 0 saturated heterocycles. The number of rotatable bonds is 6. The number of hydrogen-bond acceptors (Lipinski definition) is 4. The number of Topliss-reactive ketones (excluding diaryl/α,β-unsaturated/α-hetero) is 1. The zero-order valence-corrected chi connectivity index (χ0v) is 16.4. The first-order valence-electron chi connectivity index (χ1n) is 8.59. The second-order valence-corrected chi connectivity index (χ2v) is 8.24. The third-order valence-corrected chi connectivity index (χ3v) is 3.52. The number of amides is 1. The van der Waals surface area contributed by atoms with E-state index in [0.29, 0.717) is 6.61 Å². The van der Waals surface area contributed by atoms with Gasteiger partial charge in [0, 0.05) is 5.41 Å². The first-order valence-corrected chi connectivity index (χ1v) is 8.59. The van der Waals surface area contributed by atoms with Crippen molar-refractivity contribution in [3.63, 3.8) is 0 Å². The molecule has 1 rings (SSSR count). The molecule has 0 fully saturated rings. The van der Waals surface area contributed by atoms with E-state index in [2.05, 4.69) is 5.32 Å². The highest BCUT2D eigenvalue weighted by atomic mass is 16.6. The van der Waals surface area contributed by atoms with Crippen LogP contribution in [0.1, 0.15) is 54.0 Å². The molecule has 0 unspecified atom stereocenters. The van der Waals surface area contributed by atoms with E-state index in [1.165, 1.54) is 0 Å². The second-order valence-electron chi connectivity index (χ2n) is 8.24. The lowest BCUT2D eigenvalue weighted by Gasteiger charge is -2.30. The van der Waals surface area contributed by atoms with Gasteiger partial charge >= 0.3 is 6.09 Å². The molecule has 0 radical (unpaired) electrons. The van der Waals surface area contributed by atoms with Crippen molar-refractivity contribution in [2.45, 2.75) is 72.8 Å². The van der Waals surface area contributed by atoms with Crippen LogP contribution in [-0.4, -0.2) is 29.6 Å². The Bertz CT molecular complexity index is 570. The Kier molecular flexibility index (Phi) is 7.17. The monoisotopic (exact) mass is 349 g/mol. The van der Waals surface area contributed by atoms with Gasteiger partial charge in [0.2, 0.25) is 0 Å². The fraction of sp³-hybridized carbons (Fsp3) is 0.600. The SMILES string of the molecule is C[C@H](OCc1ccccc1)[C@@H](NC(=O)OC(C)(C)C)C(=O)C(C)(C)C. The van der Waals surface area contributed by atoms with E-state index >= 15 is 0 Å². The molecule has 5 nitrogen and oxygen atoms in total. The number of hydrogen-bond donors (Lipinski definition) is 1. The summed E-state index contributed by atoms with van der Waals surface area (Å²) in [4.78, 5) is 24.9. The van der Waals surface area contributed by atoms with Gasteiger partial charge in [-0.2, -0.15) is 0 Å². The van der Waals surface area contributed by atoms with Crippen LogP contribution in [0.25, 0.3) is 0 Å². The van der Waals surface area contributed by atoms with Crippen LogP contribution in [0.5, 0.6) is 0 Å². The average molecular weight is 349 g/mol. The minimum Gasteiger partial charge on any atom is -0.444 e. The number of carbonyl (C=O) groups is 2. The molecule has 1 amide bonds. The summed E-state index contributed by atoms with van der Waals surface area (Å²) in [6, 6.07) is 8.92. The van der Waals surface area contributed by atoms with Gasteiger partial charge in [0.25, 0.3) is 0 Å². The standard InChI is InChI=1S/C20H31NO4/c1-14(24-13-15-11-9-8-10-12-15)16(17(22)19(2,3)4)21-18(23)25-20(5,6)7/h8-12,14,16H,13H2,1-7H3,(H,21,23)/t14-,16+/m0/s1. The lowest BCUT2D eigenvalue weighted by atomic mass is 9.85. The molecule has 2 atom stereocenters. The maximum Gasteiger partial charge on any atom is 0.408 e. The van der Waals surface area contributed by atoms with E-state index in [1.807, 2.05) is 51.1 Å². The number of ether oxygens (including phenoxy) is 2. The number of nitrogens with one attached hydrogen (secondary N) is 1. The van der Waals surface area contributed by atoms with E-state index in [9.17, 15) is 9.59 Å². The van der Waals surface area contributed by atoms with E-state index < -0.39 is 29.3 Å².